The summed E-state index contributed by atoms with van der Waals surface area (Å²) >= 11 is 0. The number of Topliss-reactive ketones (excluding diaryl/α,β-unsaturated/α-hetero) is 1. The first kappa shape index (κ1) is 17.5. The third kappa shape index (κ3) is 7.31. The fourth-order valence-electron chi connectivity index (χ4n) is 1.79. The van der Waals surface area contributed by atoms with Crippen LogP contribution in [0.25, 0.3) is 0 Å². The van der Waals surface area contributed by atoms with E-state index in [-0.39, 0.29) is 6.42 Å². The lowest BCUT2D eigenvalue weighted by molar-refractivity contribution is -0.147. The molecule has 0 aliphatic rings. The van der Waals surface area contributed by atoms with Gasteiger partial charge in [0.05, 0.1) is 6.61 Å². The lowest BCUT2D eigenvalue weighted by Crippen LogP contribution is -2.48. The Balaban J connectivity index is 4.19. The molecule has 6 nitrogen and oxygen atoms in total. The Morgan fingerprint density at radius 1 is 1.05 bits per heavy atom. The summed E-state index contributed by atoms with van der Waals surface area (Å²) in [5, 5.41) is 46.4. The van der Waals surface area contributed by atoms with Gasteiger partial charge in [-0.2, -0.15) is 0 Å². The average Bonchev–Trinajstić information content (AvgIpc) is 2.48. The van der Waals surface area contributed by atoms with E-state index in [0.29, 0.717) is 6.42 Å². The van der Waals surface area contributed by atoms with Gasteiger partial charge in [-0.1, -0.05) is 39.0 Å². The third-order valence-electron chi connectivity index (χ3n) is 3.19. The lowest BCUT2D eigenvalue weighted by atomic mass is 9.97. The van der Waals surface area contributed by atoms with E-state index in [4.69, 9.17) is 11.6 Å². The molecular weight excluding hydrogens is 264 g/mol. The van der Waals surface area contributed by atoms with Gasteiger partial charge >= 0.3 is 0 Å². The molecule has 0 aromatic carbocycles. The molecule has 0 heterocycles. The zero-order valence-corrected chi connectivity index (χ0v) is 12.0. The number of hydrogen-bond acceptors (Lipinski definition) is 6. The number of rotatable bonds is 12. The molecule has 120 valence electrons. The molecule has 0 saturated heterocycles. The molecule has 0 aliphatic heterocycles. The lowest BCUT2D eigenvalue weighted by Gasteiger charge is -2.24. The molecule has 5 atom stereocenters. The highest BCUT2D eigenvalue weighted by Crippen LogP contribution is 2.11. The summed E-state index contributed by atoms with van der Waals surface area (Å²) in [5.41, 5.74) is 0. The predicted molar refractivity (Wildman–Crippen MR) is 74.1 cm³/mol. The maximum absolute atomic E-state index is 11.7. The molecule has 0 aromatic rings. The van der Waals surface area contributed by atoms with Crippen molar-refractivity contribution in [3.63, 3.8) is 0 Å². The molecule has 0 bridgehead atoms. The van der Waals surface area contributed by atoms with Crippen LogP contribution in [0.15, 0.2) is 0 Å². The summed E-state index contributed by atoms with van der Waals surface area (Å²) in [6.07, 6.45) is -3.56. The van der Waals surface area contributed by atoms with Crippen LogP contribution in [-0.2, 0) is 4.79 Å². The molecule has 0 spiro atoms. The van der Waals surface area contributed by atoms with E-state index in [1.807, 2.05) is 0 Å². The molecule has 0 saturated carbocycles. The molecule has 0 amide bonds. The van der Waals surface area contributed by atoms with E-state index < -0.39 is 43.2 Å². The maximum atomic E-state index is 11.7. The number of ketones is 1. The number of carbonyl (C=O) groups excluding carboxylic acids is 1. The summed E-state index contributed by atoms with van der Waals surface area (Å²) in [7, 11) is 0. The van der Waals surface area contributed by atoms with Gasteiger partial charge < -0.3 is 25.5 Å². The fourth-order valence-corrected chi connectivity index (χ4v) is 1.79. The minimum absolute atomic E-state index is 0.216. The van der Waals surface area contributed by atoms with Gasteiger partial charge in [-0.25, -0.2) is 0 Å². The Bertz CT molecular complexity index is 289. The molecule has 6 heteroatoms. The minimum atomic E-state index is -1.88. The van der Waals surface area contributed by atoms with Gasteiger partial charge in [0.15, 0.2) is 5.78 Å². The van der Waals surface area contributed by atoms with Crippen LogP contribution in [-0.4, -0.2) is 62.3 Å². The summed E-state index contributed by atoms with van der Waals surface area (Å²) in [6, 6.07) is 0. The highest BCUT2D eigenvalue weighted by atomic mass is 16.4. The normalized spacial score (nSPS) is 19.8. The molecule has 0 radical (unpaired) electrons. The highest BCUT2D eigenvalue weighted by Gasteiger charge is 2.33. The van der Waals surface area contributed by atoms with Gasteiger partial charge in [0.2, 0.25) is 0 Å². The van der Waals surface area contributed by atoms with E-state index in [2.05, 4.69) is 6.92 Å². The van der Waals surface area contributed by atoms with Crippen molar-refractivity contribution in [3.05, 3.63) is 0 Å². The number of hydrogen-bond donors (Lipinski definition) is 5. The van der Waals surface area contributed by atoms with Crippen molar-refractivity contribution in [2.45, 2.75) is 76.3 Å². The van der Waals surface area contributed by atoms with Gasteiger partial charge in [-0.3, -0.25) is 4.79 Å². The SMILES string of the molecule is [2H]C(CCCCCC)CC(=O)[C@H](O)[C@@H](O)[C@@H](O)[C@H](O)CO. The van der Waals surface area contributed by atoms with E-state index in [0.717, 1.165) is 25.7 Å². The minimum Gasteiger partial charge on any atom is -0.394 e. The maximum Gasteiger partial charge on any atom is 0.164 e. The smallest absolute Gasteiger partial charge is 0.164 e. The van der Waals surface area contributed by atoms with Crippen molar-refractivity contribution < 1.29 is 31.7 Å². The first-order valence-corrected chi connectivity index (χ1v) is 7.13. The number of carbonyl (C=O) groups is 1. The van der Waals surface area contributed by atoms with Crippen molar-refractivity contribution in [1.29, 1.82) is 0 Å². The van der Waals surface area contributed by atoms with Crippen molar-refractivity contribution in [2.75, 3.05) is 6.61 Å². The molecule has 5 N–H and O–H groups in total. The summed E-state index contributed by atoms with van der Waals surface area (Å²) < 4.78 is 7.73. The van der Waals surface area contributed by atoms with Gasteiger partial charge in [0.1, 0.15) is 24.4 Å². The van der Waals surface area contributed by atoms with Crippen LogP contribution in [0.1, 0.15) is 53.2 Å². The largest absolute Gasteiger partial charge is 0.394 e. The second-order valence-electron chi connectivity index (χ2n) is 4.98. The second-order valence-corrected chi connectivity index (χ2v) is 4.98. The van der Waals surface area contributed by atoms with E-state index in [9.17, 15) is 20.1 Å². The van der Waals surface area contributed by atoms with Crippen LogP contribution in [0.2, 0.25) is 0 Å². The molecule has 0 aromatic heterocycles. The zero-order chi connectivity index (χ0) is 16.4. The second kappa shape index (κ2) is 11.2. The van der Waals surface area contributed by atoms with Crippen molar-refractivity contribution in [2.24, 2.45) is 0 Å². The Labute approximate surface area is 121 Å². The Hall–Kier alpha value is -0.530. The Morgan fingerprint density at radius 2 is 1.65 bits per heavy atom. The van der Waals surface area contributed by atoms with Gasteiger partial charge in [-0.15, -0.1) is 0 Å². The number of unbranched alkanes of at least 4 members (excludes halogenated alkanes) is 3. The standard InChI is InChI=1S/C14H28O6/c1-2-3-4-5-6-7-8-10(16)12(18)14(20)13(19)11(17)9-15/h11-15,17-20H,2-9H2,1H3/t11-,12+,13+,14-/m1/s1/i7D/t7?,11-,12+,13+,14-. The third-order valence-corrected chi connectivity index (χ3v) is 3.19. The van der Waals surface area contributed by atoms with E-state index in [1.54, 1.807) is 0 Å². The van der Waals surface area contributed by atoms with Crippen molar-refractivity contribution in [3.8, 4) is 0 Å². The topological polar surface area (TPSA) is 118 Å². The Morgan fingerprint density at radius 3 is 2.20 bits per heavy atom. The van der Waals surface area contributed by atoms with Crippen LogP contribution in [0.5, 0.6) is 0 Å². The van der Waals surface area contributed by atoms with E-state index in [1.165, 1.54) is 0 Å². The van der Waals surface area contributed by atoms with Gasteiger partial charge in [0, 0.05) is 7.79 Å². The van der Waals surface area contributed by atoms with E-state index >= 15 is 0 Å². The molecule has 20 heavy (non-hydrogen) atoms. The molecule has 0 rings (SSSR count). The Kier molecular flexibility index (Phi) is 9.78. The van der Waals surface area contributed by atoms with Crippen LogP contribution >= 0.6 is 0 Å². The van der Waals surface area contributed by atoms with Crippen LogP contribution in [0.4, 0.5) is 0 Å². The van der Waals surface area contributed by atoms with Crippen molar-refractivity contribution >= 4 is 5.78 Å². The quantitative estimate of drug-likeness (QED) is 0.316. The molecule has 0 fully saturated rings. The monoisotopic (exact) mass is 293 g/mol. The van der Waals surface area contributed by atoms with Crippen molar-refractivity contribution in [1.82, 2.24) is 0 Å². The predicted octanol–water partition coefficient (Wildman–Crippen LogP) is -0.258. The molecular formula is C14H28O6. The summed E-state index contributed by atoms with van der Waals surface area (Å²) in [5.74, 6) is -0.748. The van der Waals surface area contributed by atoms with Gasteiger partial charge in [-0.05, 0) is 6.40 Å². The highest BCUT2D eigenvalue weighted by molar-refractivity contribution is 5.83. The first-order chi connectivity index (χ1) is 9.84. The van der Waals surface area contributed by atoms with Gasteiger partial charge in [0.25, 0.3) is 0 Å². The molecule has 1 unspecified atom stereocenters. The summed E-state index contributed by atoms with van der Waals surface area (Å²) in [6.45, 7) is 1.28. The number of aliphatic hydroxyl groups is 5. The zero-order valence-electron chi connectivity index (χ0n) is 13.0. The molecule has 0 aliphatic carbocycles. The van der Waals surface area contributed by atoms with Crippen LogP contribution in [0, 0.1) is 0 Å². The average molecular weight is 293 g/mol. The first-order valence-electron chi connectivity index (χ1n) is 7.70. The summed E-state index contributed by atoms with van der Waals surface area (Å²) in [4.78, 5) is 11.7. The van der Waals surface area contributed by atoms with Crippen LogP contribution < -0.4 is 0 Å². The van der Waals surface area contributed by atoms with Crippen LogP contribution in [0.3, 0.4) is 0 Å². The number of aliphatic hydroxyl groups excluding tert-OH is 5. The fraction of sp³-hybridized carbons (Fsp3) is 0.929.